The smallest absolute Gasteiger partial charge is 0.326 e. The molecule has 0 fully saturated rings. The van der Waals surface area contributed by atoms with Crippen molar-refractivity contribution in [1.82, 2.24) is 4.57 Å². The van der Waals surface area contributed by atoms with Gasteiger partial charge in [-0.1, -0.05) is 41.7 Å². The van der Waals surface area contributed by atoms with Crippen LogP contribution in [-0.4, -0.2) is 29.7 Å². The van der Waals surface area contributed by atoms with Crippen molar-refractivity contribution in [2.45, 2.75) is 20.4 Å². The molecule has 0 saturated carbocycles. The van der Waals surface area contributed by atoms with Gasteiger partial charge in [0.05, 0.1) is 16.8 Å². The maximum Gasteiger partial charge on any atom is 0.326 e. The number of fused-ring (bicyclic) bond motifs is 1. The number of aromatic nitrogens is 1. The molecule has 0 N–H and O–H groups in total. The molecule has 1 amide bonds. The van der Waals surface area contributed by atoms with E-state index in [1.165, 1.54) is 11.3 Å². The molecule has 0 aliphatic carbocycles. The lowest BCUT2D eigenvalue weighted by Crippen LogP contribution is -2.24. The standard InChI is InChI=1S/C20H20N2O4S/c1-3-25-18(24)12-22-19-14(2)8-7-11-16(19)27-20(22)21-17(23)13-26-15-9-5-4-6-10-15/h4-11H,3,12-13H2,1-2H3. The number of thiazole rings is 1. The predicted molar refractivity (Wildman–Crippen MR) is 104 cm³/mol. The first kappa shape index (κ1) is 18.8. The van der Waals surface area contributed by atoms with Gasteiger partial charge in [0.25, 0.3) is 5.91 Å². The van der Waals surface area contributed by atoms with Gasteiger partial charge < -0.3 is 14.0 Å². The van der Waals surface area contributed by atoms with Gasteiger partial charge in [-0.2, -0.15) is 4.99 Å². The Kier molecular flexibility index (Phi) is 6.03. The van der Waals surface area contributed by atoms with Gasteiger partial charge in [-0.25, -0.2) is 0 Å². The summed E-state index contributed by atoms with van der Waals surface area (Å²) in [7, 11) is 0. The van der Waals surface area contributed by atoms with Crippen molar-refractivity contribution in [2.24, 2.45) is 4.99 Å². The summed E-state index contributed by atoms with van der Waals surface area (Å²) in [6, 6.07) is 14.9. The van der Waals surface area contributed by atoms with Crippen LogP contribution < -0.4 is 9.54 Å². The summed E-state index contributed by atoms with van der Waals surface area (Å²) in [6.07, 6.45) is 0. The Morgan fingerprint density at radius 3 is 2.63 bits per heavy atom. The highest BCUT2D eigenvalue weighted by Crippen LogP contribution is 2.21. The van der Waals surface area contributed by atoms with Crippen molar-refractivity contribution >= 4 is 33.4 Å². The molecule has 0 aliphatic heterocycles. The average Bonchev–Trinajstić information content (AvgIpc) is 2.99. The van der Waals surface area contributed by atoms with Crippen LogP contribution in [0.3, 0.4) is 0 Å². The highest BCUT2D eigenvalue weighted by molar-refractivity contribution is 7.16. The van der Waals surface area contributed by atoms with Crippen LogP contribution in [-0.2, 0) is 20.9 Å². The minimum Gasteiger partial charge on any atom is -0.484 e. The fraction of sp³-hybridized carbons (Fsp3) is 0.250. The summed E-state index contributed by atoms with van der Waals surface area (Å²) in [5, 5.41) is 0. The SMILES string of the molecule is CCOC(=O)Cn1c(=NC(=O)COc2ccccc2)sc2cccc(C)c21. The first-order chi connectivity index (χ1) is 13.1. The number of benzene rings is 2. The number of esters is 1. The van der Waals surface area contributed by atoms with E-state index < -0.39 is 5.91 Å². The summed E-state index contributed by atoms with van der Waals surface area (Å²) < 4.78 is 13.2. The molecule has 6 nitrogen and oxygen atoms in total. The van der Waals surface area contributed by atoms with Crippen molar-refractivity contribution in [1.29, 1.82) is 0 Å². The molecule has 0 saturated heterocycles. The fourth-order valence-electron chi connectivity index (χ4n) is 2.68. The number of ether oxygens (including phenoxy) is 2. The summed E-state index contributed by atoms with van der Waals surface area (Å²) in [6.45, 7) is 3.86. The quantitative estimate of drug-likeness (QED) is 0.613. The molecule has 3 aromatic rings. The normalized spacial score (nSPS) is 11.6. The lowest BCUT2D eigenvalue weighted by Gasteiger charge is -2.07. The molecular formula is C20H20N2O4S. The second-order valence-corrected chi connectivity index (χ2v) is 6.81. The molecule has 27 heavy (non-hydrogen) atoms. The molecule has 7 heteroatoms. The second-order valence-electron chi connectivity index (χ2n) is 5.80. The monoisotopic (exact) mass is 384 g/mol. The number of hydrogen-bond acceptors (Lipinski definition) is 5. The predicted octanol–water partition coefficient (Wildman–Crippen LogP) is 3.08. The Bertz CT molecular complexity index is 1020. The number of amides is 1. The molecule has 0 aliphatic rings. The molecule has 0 bridgehead atoms. The van der Waals surface area contributed by atoms with E-state index >= 15 is 0 Å². The van der Waals surface area contributed by atoms with E-state index in [4.69, 9.17) is 9.47 Å². The van der Waals surface area contributed by atoms with E-state index in [9.17, 15) is 9.59 Å². The highest BCUT2D eigenvalue weighted by Gasteiger charge is 2.14. The summed E-state index contributed by atoms with van der Waals surface area (Å²) in [5.41, 5.74) is 1.88. The maximum atomic E-state index is 12.3. The Balaban J connectivity index is 1.92. The molecule has 0 unspecified atom stereocenters. The third-order valence-electron chi connectivity index (χ3n) is 3.82. The topological polar surface area (TPSA) is 69.9 Å². The van der Waals surface area contributed by atoms with E-state index in [1.54, 1.807) is 23.6 Å². The number of aryl methyl sites for hydroxylation is 1. The number of rotatable bonds is 6. The van der Waals surface area contributed by atoms with Gasteiger partial charge in [-0.3, -0.25) is 9.59 Å². The first-order valence-corrected chi connectivity index (χ1v) is 9.40. The lowest BCUT2D eigenvalue weighted by atomic mass is 10.2. The molecule has 0 spiro atoms. The number of nitrogens with zero attached hydrogens (tertiary/aromatic N) is 2. The number of carbonyl (C=O) groups excluding carboxylic acids is 2. The van der Waals surface area contributed by atoms with Crippen LogP contribution in [0.4, 0.5) is 0 Å². The van der Waals surface area contributed by atoms with Crippen LogP contribution in [0.25, 0.3) is 10.2 Å². The van der Waals surface area contributed by atoms with Crippen LogP contribution in [0.1, 0.15) is 12.5 Å². The minimum absolute atomic E-state index is 0.00431. The van der Waals surface area contributed by atoms with Gasteiger partial charge in [0, 0.05) is 0 Å². The zero-order chi connectivity index (χ0) is 19.2. The van der Waals surface area contributed by atoms with E-state index in [-0.39, 0.29) is 19.1 Å². The van der Waals surface area contributed by atoms with Crippen LogP contribution in [0, 0.1) is 6.92 Å². The number of para-hydroxylation sites is 2. The Labute approximate surface area is 160 Å². The van der Waals surface area contributed by atoms with Gasteiger partial charge >= 0.3 is 5.97 Å². The van der Waals surface area contributed by atoms with Crippen LogP contribution >= 0.6 is 11.3 Å². The zero-order valence-electron chi connectivity index (χ0n) is 15.2. The summed E-state index contributed by atoms with van der Waals surface area (Å²) in [4.78, 5) is 28.9. The van der Waals surface area contributed by atoms with Crippen LogP contribution in [0.5, 0.6) is 5.75 Å². The first-order valence-electron chi connectivity index (χ1n) is 8.58. The molecule has 1 heterocycles. The number of carbonyl (C=O) groups is 2. The molecule has 0 radical (unpaired) electrons. The highest BCUT2D eigenvalue weighted by atomic mass is 32.1. The van der Waals surface area contributed by atoms with Crippen molar-refractivity contribution in [3.8, 4) is 5.75 Å². The van der Waals surface area contributed by atoms with Crippen molar-refractivity contribution < 1.29 is 19.1 Å². The van der Waals surface area contributed by atoms with Gasteiger partial charge in [-0.05, 0) is 37.6 Å². The van der Waals surface area contributed by atoms with Gasteiger partial charge in [0.1, 0.15) is 12.3 Å². The second kappa shape index (κ2) is 8.64. The lowest BCUT2D eigenvalue weighted by molar-refractivity contribution is -0.143. The summed E-state index contributed by atoms with van der Waals surface area (Å²) >= 11 is 1.36. The maximum absolute atomic E-state index is 12.3. The largest absolute Gasteiger partial charge is 0.484 e. The molecule has 3 rings (SSSR count). The molecule has 1 aromatic heterocycles. The van der Waals surface area contributed by atoms with Gasteiger partial charge in [-0.15, -0.1) is 0 Å². The zero-order valence-corrected chi connectivity index (χ0v) is 16.0. The Morgan fingerprint density at radius 2 is 1.89 bits per heavy atom. The van der Waals surface area contributed by atoms with Crippen molar-refractivity contribution in [3.05, 3.63) is 58.9 Å². The molecular weight excluding hydrogens is 364 g/mol. The Hall–Kier alpha value is -2.93. The van der Waals surface area contributed by atoms with Crippen molar-refractivity contribution in [3.63, 3.8) is 0 Å². The van der Waals surface area contributed by atoms with E-state index in [0.29, 0.717) is 17.2 Å². The number of hydrogen-bond donors (Lipinski definition) is 0. The van der Waals surface area contributed by atoms with Crippen LogP contribution in [0.15, 0.2) is 53.5 Å². The summed E-state index contributed by atoms with van der Waals surface area (Å²) in [5.74, 6) is -0.178. The fourth-order valence-corrected chi connectivity index (χ4v) is 3.80. The molecule has 2 aromatic carbocycles. The minimum atomic E-state index is -0.416. The molecule has 140 valence electrons. The van der Waals surface area contributed by atoms with Gasteiger partial charge in [0.15, 0.2) is 11.4 Å². The van der Waals surface area contributed by atoms with E-state index in [0.717, 1.165) is 15.8 Å². The van der Waals surface area contributed by atoms with Crippen LogP contribution in [0.2, 0.25) is 0 Å². The average molecular weight is 384 g/mol. The van der Waals surface area contributed by atoms with E-state index in [2.05, 4.69) is 4.99 Å². The molecule has 0 atom stereocenters. The Morgan fingerprint density at radius 1 is 1.11 bits per heavy atom. The van der Waals surface area contributed by atoms with E-state index in [1.807, 2.05) is 43.3 Å². The van der Waals surface area contributed by atoms with Crippen molar-refractivity contribution in [2.75, 3.05) is 13.2 Å². The third-order valence-corrected chi connectivity index (χ3v) is 4.86. The third kappa shape index (κ3) is 4.62. The van der Waals surface area contributed by atoms with Gasteiger partial charge in [0.2, 0.25) is 0 Å².